The molecule has 16 heavy (non-hydrogen) atoms. The van der Waals surface area contributed by atoms with E-state index in [-0.39, 0.29) is 11.0 Å². The normalized spacial score (nSPS) is 25.3. The molecule has 0 radical (unpaired) electrons. The van der Waals surface area contributed by atoms with Crippen LogP contribution < -0.4 is 5.73 Å². The summed E-state index contributed by atoms with van der Waals surface area (Å²) in [6.07, 6.45) is 3.34. The second-order valence-corrected chi connectivity index (χ2v) is 6.23. The quantitative estimate of drug-likeness (QED) is 0.727. The van der Waals surface area contributed by atoms with E-state index in [2.05, 4.69) is 39.8 Å². The molecule has 1 aliphatic rings. The first-order valence-corrected chi connectivity index (χ1v) is 6.10. The first kappa shape index (κ1) is 11.6. The van der Waals surface area contributed by atoms with E-state index < -0.39 is 0 Å². The summed E-state index contributed by atoms with van der Waals surface area (Å²) in [4.78, 5) is 4.81. The van der Waals surface area contributed by atoms with Crippen molar-refractivity contribution in [3.8, 4) is 0 Å². The van der Waals surface area contributed by atoms with Crippen molar-refractivity contribution in [1.82, 2.24) is 4.98 Å². The second kappa shape index (κ2) is 3.56. The number of aromatic nitrogens is 1. The maximum atomic E-state index is 6.34. The number of rotatable bonds is 0. The summed E-state index contributed by atoms with van der Waals surface area (Å²) in [7, 11) is 0. The number of hydrogen-bond acceptors (Lipinski definition) is 2. The number of fused-ring (bicyclic) bond motifs is 1. The Hall–Kier alpha value is -0.890. The van der Waals surface area contributed by atoms with Crippen LogP contribution in [0.25, 0.3) is 0 Å². The molecule has 2 heteroatoms. The zero-order valence-electron chi connectivity index (χ0n) is 10.8. The van der Waals surface area contributed by atoms with E-state index in [4.69, 9.17) is 10.7 Å². The fourth-order valence-electron chi connectivity index (χ4n) is 2.37. The molecule has 1 heterocycles. The summed E-state index contributed by atoms with van der Waals surface area (Å²) in [5.41, 5.74) is 9.80. The minimum atomic E-state index is -0.241. The van der Waals surface area contributed by atoms with Gasteiger partial charge in [0.15, 0.2) is 0 Å². The predicted molar refractivity (Wildman–Crippen MR) is 67.4 cm³/mol. The summed E-state index contributed by atoms with van der Waals surface area (Å²) in [6, 6.07) is 4.37. The van der Waals surface area contributed by atoms with Gasteiger partial charge in [0.1, 0.15) is 0 Å². The molecular formula is C14H22N2. The Labute approximate surface area is 98.3 Å². The molecule has 0 aliphatic heterocycles. The third kappa shape index (κ3) is 1.99. The molecule has 0 bridgehead atoms. The van der Waals surface area contributed by atoms with Gasteiger partial charge < -0.3 is 5.73 Å². The first-order chi connectivity index (χ1) is 7.31. The van der Waals surface area contributed by atoms with Crippen LogP contribution in [-0.2, 0) is 17.4 Å². The van der Waals surface area contributed by atoms with Gasteiger partial charge in [-0.3, -0.25) is 4.98 Å². The Bertz CT molecular complexity index is 400. The number of pyridine rings is 1. The lowest BCUT2D eigenvalue weighted by Gasteiger charge is -2.32. The van der Waals surface area contributed by atoms with Gasteiger partial charge in [0.25, 0.3) is 0 Å². The van der Waals surface area contributed by atoms with Crippen molar-refractivity contribution in [1.29, 1.82) is 0 Å². The molecule has 0 fully saturated rings. The summed E-state index contributed by atoms with van der Waals surface area (Å²) >= 11 is 0. The number of nitrogens with zero attached hydrogens (tertiary/aromatic N) is 1. The molecule has 0 amide bonds. The van der Waals surface area contributed by atoms with Crippen molar-refractivity contribution in [2.75, 3.05) is 0 Å². The largest absolute Gasteiger partial charge is 0.320 e. The minimum Gasteiger partial charge on any atom is -0.320 e. The standard InChI is InChI=1S/C14H22N2/c1-13(2,3)11-8-7-10-6-5-9-14(4,15)12(10)16-11/h7-8H,5-6,9,15H2,1-4H3. The molecule has 1 atom stereocenters. The lowest BCUT2D eigenvalue weighted by molar-refractivity contribution is 0.391. The lowest BCUT2D eigenvalue weighted by Crippen LogP contribution is -2.38. The van der Waals surface area contributed by atoms with Crippen LogP contribution in [0.4, 0.5) is 0 Å². The van der Waals surface area contributed by atoms with Crippen LogP contribution in [0.3, 0.4) is 0 Å². The van der Waals surface area contributed by atoms with Gasteiger partial charge in [-0.25, -0.2) is 0 Å². The van der Waals surface area contributed by atoms with Crippen LogP contribution in [0, 0.1) is 0 Å². The van der Waals surface area contributed by atoms with Gasteiger partial charge in [-0.2, -0.15) is 0 Å². The summed E-state index contributed by atoms with van der Waals surface area (Å²) in [6.45, 7) is 8.68. The predicted octanol–water partition coefficient (Wildman–Crippen LogP) is 2.89. The van der Waals surface area contributed by atoms with Gasteiger partial charge in [-0.1, -0.05) is 26.8 Å². The highest BCUT2D eigenvalue weighted by molar-refractivity contribution is 5.32. The maximum Gasteiger partial charge on any atom is 0.0635 e. The SMILES string of the molecule is CC(C)(C)c1ccc2c(n1)C(C)(N)CCC2. The molecule has 1 aromatic heterocycles. The Morgan fingerprint density at radius 3 is 2.62 bits per heavy atom. The Kier molecular flexibility index (Phi) is 2.58. The zero-order valence-corrected chi connectivity index (χ0v) is 10.8. The first-order valence-electron chi connectivity index (χ1n) is 6.10. The van der Waals surface area contributed by atoms with E-state index in [9.17, 15) is 0 Å². The Morgan fingerprint density at radius 2 is 2.00 bits per heavy atom. The molecule has 1 aromatic rings. The molecule has 1 unspecified atom stereocenters. The summed E-state index contributed by atoms with van der Waals surface area (Å²) < 4.78 is 0. The molecule has 88 valence electrons. The fourth-order valence-corrected chi connectivity index (χ4v) is 2.37. The van der Waals surface area contributed by atoms with Crippen LogP contribution in [0.5, 0.6) is 0 Å². The third-order valence-electron chi connectivity index (χ3n) is 3.43. The molecule has 1 aliphatic carbocycles. The van der Waals surface area contributed by atoms with Crippen LogP contribution in [0.1, 0.15) is 57.5 Å². The number of hydrogen-bond donors (Lipinski definition) is 1. The van der Waals surface area contributed by atoms with E-state index >= 15 is 0 Å². The molecule has 0 saturated carbocycles. The third-order valence-corrected chi connectivity index (χ3v) is 3.43. The number of aryl methyl sites for hydroxylation is 1. The van der Waals surface area contributed by atoms with Crippen molar-refractivity contribution in [3.63, 3.8) is 0 Å². The van der Waals surface area contributed by atoms with Crippen LogP contribution >= 0.6 is 0 Å². The van der Waals surface area contributed by atoms with Gasteiger partial charge in [0.2, 0.25) is 0 Å². The van der Waals surface area contributed by atoms with E-state index in [1.807, 2.05) is 0 Å². The molecule has 2 nitrogen and oxygen atoms in total. The monoisotopic (exact) mass is 218 g/mol. The van der Waals surface area contributed by atoms with Gasteiger partial charge in [-0.05, 0) is 37.8 Å². The highest BCUT2D eigenvalue weighted by Crippen LogP contribution is 2.33. The maximum absolute atomic E-state index is 6.34. The molecule has 2 N–H and O–H groups in total. The zero-order chi connectivity index (χ0) is 12.0. The molecule has 0 spiro atoms. The smallest absolute Gasteiger partial charge is 0.0635 e. The van der Waals surface area contributed by atoms with E-state index in [1.54, 1.807) is 0 Å². The van der Waals surface area contributed by atoms with Gasteiger partial charge in [0, 0.05) is 11.1 Å². The molecule has 2 rings (SSSR count). The van der Waals surface area contributed by atoms with Gasteiger partial charge in [-0.15, -0.1) is 0 Å². The molecular weight excluding hydrogens is 196 g/mol. The summed E-state index contributed by atoms with van der Waals surface area (Å²) in [5, 5.41) is 0. The highest BCUT2D eigenvalue weighted by Gasteiger charge is 2.30. The highest BCUT2D eigenvalue weighted by atomic mass is 14.9. The van der Waals surface area contributed by atoms with Crippen molar-refractivity contribution in [3.05, 3.63) is 29.1 Å². The van der Waals surface area contributed by atoms with Gasteiger partial charge >= 0.3 is 0 Å². The van der Waals surface area contributed by atoms with Crippen molar-refractivity contribution >= 4 is 0 Å². The topological polar surface area (TPSA) is 38.9 Å². The van der Waals surface area contributed by atoms with Crippen molar-refractivity contribution < 1.29 is 0 Å². The van der Waals surface area contributed by atoms with Crippen molar-refractivity contribution in [2.45, 2.75) is 57.9 Å². The molecule has 0 saturated heterocycles. The van der Waals surface area contributed by atoms with E-state index in [1.165, 1.54) is 12.0 Å². The average molecular weight is 218 g/mol. The van der Waals surface area contributed by atoms with Crippen LogP contribution in [0.2, 0.25) is 0 Å². The minimum absolute atomic E-state index is 0.0998. The molecule has 0 aromatic carbocycles. The lowest BCUT2D eigenvalue weighted by atomic mass is 9.81. The fraction of sp³-hybridized carbons (Fsp3) is 0.643. The Morgan fingerprint density at radius 1 is 1.31 bits per heavy atom. The second-order valence-electron chi connectivity index (χ2n) is 6.23. The van der Waals surface area contributed by atoms with Crippen LogP contribution in [0.15, 0.2) is 12.1 Å². The van der Waals surface area contributed by atoms with E-state index in [0.29, 0.717) is 0 Å². The van der Waals surface area contributed by atoms with Crippen LogP contribution in [-0.4, -0.2) is 4.98 Å². The Balaban J connectivity index is 2.52. The van der Waals surface area contributed by atoms with E-state index in [0.717, 1.165) is 24.2 Å². The summed E-state index contributed by atoms with van der Waals surface area (Å²) in [5.74, 6) is 0. The number of nitrogens with two attached hydrogens (primary N) is 1. The van der Waals surface area contributed by atoms with Gasteiger partial charge in [0.05, 0.1) is 11.2 Å². The van der Waals surface area contributed by atoms with Crippen molar-refractivity contribution in [2.24, 2.45) is 5.73 Å². The average Bonchev–Trinajstić information content (AvgIpc) is 2.15.